The van der Waals surface area contributed by atoms with Crippen LogP contribution in [0.2, 0.25) is 10.0 Å². The Morgan fingerprint density at radius 3 is 2.57 bits per heavy atom. The second kappa shape index (κ2) is 8.12. The molecule has 5 rings (SSSR count). The molecule has 0 spiro atoms. The van der Waals surface area contributed by atoms with Gasteiger partial charge in [0, 0.05) is 21.2 Å². The summed E-state index contributed by atoms with van der Waals surface area (Å²) in [7, 11) is 2.26. The van der Waals surface area contributed by atoms with Crippen LogP contribution in [0.1, 0.15) is 22.8 Å². The Morgan fingerprint density at radius 1 is 0.967 bits per heavy atom. The van der Waals surface area contributed by atoms with E-state index >= 15 is 0 Å². The predicted molar refractivity (Wildman–Crippen MR) is 118 cm³/mol. The highest BCUT2D eigenvalue weighted by Crippen LogP contribution is 2.30. The third kappa shape index (κ3) is 3.65. The summed E-state index contributed by atoms with van der Waals surface area (Å²) in [5.74, 6) is 1.81. The van der Waals surface area contributed by atoms with Crippen LogP contribution in [-0.2, 0) is 13.1 Å². The lowest BCUT2D eigenvalue weighted by atomic mass is 10.0. The molecular formula is C22H24Cl2N6+2. The van der Waals surface area contributed by atoms with Crippen molar-refractivity contribution in [2.45, 2.75) is 13.1 Å². The van der Waals surface area contributed by atoms with Gasteiger partial charge in [-0.05, 0) is 24.3 Å². The van der Waals surface area contributed by atoms with Crippen LogP contribution in [0, 0.1) is 0 Å². The van der Waals surface area contributed by atoms with E-state index in [9.17, 15) is 0 Å². The smallest absolute Gasteiger partial charge is 0.192 e. The zero-order valence-electron chi connectivity index (χ0n) is 16.8. The lowest BCUT2D eigenvalue weighted by molar-refractivity contribution is -1.01. The number of quaternary nitrogens is 2. The normalized spacial score (nSPS) is 20.8. The first kappa shape index (κ1) is 19.7. The third-order valence-electron chi connectivity index (χ3n) is 5.98. The van der Waals surface area contributed by atoms with Crippen molar-refractivity contribution in [1.29, 1.82) is 0 Å². The van der Waals surface area contributed by atoms with Gasteiger partial charge in [0.05, 0.1) is 18.4 Å². The van der Waals surface area contributed by atoms with Crippen molar-refractivity contribution in [2.75, 3.05) is 33.2 Å². The second-order valence-corrected chi connectivity index (χ2v) is 8.90. The molecule has 0 unspecified atom stereocenters. The number of aromatic nitrogens is 3. The van der Waals surface area contributed by atoms with Crippen LogP contribution in [-0.4, -0.2) is 53.7 Å². The van der Waals surface area contributed by atoms with E-state index in [1.54, 1.807) is 9.80 Å². The lowest BCUT2D eigenvalue weighted by Gasteiger charge is -2.27. The Hall–Kier alpha value is -2.25. The first-order chi connectivity index (χ1) is 14.6. The van der Waals surface area contributed by atoms with Crippen molar-refractivity contribution in [1.82, 2.24) is 14.8 Å². The van der Waals surface area contributed by atoms with E-state index in [0.717, 1.165) is 53.8 Å². The summed E-state index contributed by atoms with van der Waals surface area (Å²) >= 11 is 12.9. The zero-order valence-corrected chi connectivity index (χ0v) is 18.3. The van der Waals surface area contributed by atoms with Gasteiger partial charge in [0.15, 0.2) is 11.6 Å². The molecule has 1 aromatic heterocycles. The maximum absolute atomic E-state index is 6.52. The largest absolute Gasteiger partial charge is 0.328 e. The summed E-state index contributed by atoms with van der Waals surface area (Å²) in [5, 5.41) is 10.4. The van der Waals surface area contributed by atoms with Crippen LogP contribution in [0.3, 0.4) is 0 Å². The van der Waals surface area contributed by atoms with Crippen molar-refractivity contribution in [3.8, 4) is 5.69 Å². The van der Waals surface area contributed by atoms with E-state index < -0.39 is 0 Å². The Morgan fingerprint density at radius 2 is 1.77 bits per heavy atom. The fourth-order valence-corrected chi connectivity index (χ4v) is 4.69. The number of nitrogens with one attached hydrogen (secondary N) is 2. The van der Waals surface area contributed by atoms with Crippen LogP contribution in [0.5, 0.6) is 0 Å². The van der Waals surface area contributed by atoms with Gasteiger partial charge in [0.1, 0.15) is 39.3 Å². The minimum absolute atomic E-state index is 0.447. The minimum Gasteiger partial charge on any atom is -0.328 e. The number of aliphatic imine (C=N–C) groups is 1. The molecule has 0 radical (unpaired) electrons. The summed E-state index contributed by atoms with van der Waals surface area (Å²) in [6.07, 6.45) is 0. The van der Waals surface area contributed by atoms with Gasteiger partial charge >= 0.3 is 0 Å². The quantitative estimate of drug-likeness (QED) is 0.631. The summed E-state index contributed by atoms with van der Waals surface area (Å²) in [4.78, 5) is 8.03. The van der Waals surface area contributed by atoms with Crippen LogP contribution in [0.25, 0.3) is 5.69 Å². The maximum atomic E-state index is 6.52. The number of rotatable bonds is 3. The number of halogens is 2. The van der Waals surface area contributed by atoms with E-state index in [-0.39, 0.29) is 0 Å². The van der Waals surface area contributed by atoms with E-state index in [4.69, 9.17) is 28.2 Å². The van der Waals surface area contributed by atoms with Gasteiger partial charge < -0.3 is 9.80 Å². The van der Waals surface area contributed by atoms with E-state index in [2.05, 4.69) is 21.8 Å². The van der Waals surface area contributed by atoms with E-state index in [1.165, 1.54) is 13.1 Å². The van der Waals surface area contributed by atoms with Gasteiger partial charge in [0.2, 0.25) is 0 Å². The number of fused-ring (bicyclic) bond motifs is 3. The predicted octanol–water partition coefficient (Wildman–Crippen LogP) is 0.838. The molecule has 0 bridgehead atoms. The van der Waals surface area contributed by atoms with Crippen molar-refractivity contribution in [3.05, 3.63) is 75.3 Å². The maximum Gasteiger partial charge on any atom is 0.192 e. The Kier molecular flexibility index (Phi) is 5.33. The molecule has 0 atom stereocenters. The van der Waals surface area contributed by atoms with Gasteiger partial charge in [-0.1, -0.05) is 41.4 Å². The Labute approximate surface area is 185 Å². The fourth-order valence-electron chi connectivity index (χ4n) is 4.29. The highest BCUT2D eigenvalue weighted by Gasteiger charge is 2.27. The highest BCUT2D eigenvalue weighted by molar-refractivity contribution is 6.36. The number of benzene rings is 2. The molecule has 2 aromatic carbocycles. The number of hydrogen-bond acceptors (Lipinski definition) is 3. The first-order valence-corrected chi connectivity index (χ1v) is 11.0. The molecule has 0 amide bonds. The van der Waals surface area contributed by atoms with Crippen molar-refractivity contribution in [3.63, 3.8) is 0 Å². The average Bonchev–Trinajstić information content (AvgIpc) is 3.06. The molecule has 30 heavy (non-hydrogen) atoms. The number of hydrogen-bond donors (Lipinski definition) is 2. The average molecular weight is 443 g/mol. The van der Waals surface area contributed by atoms with Gasteiger partial charge in [-0.2, -0.15) is 0 Å². The summed E-state index contributed by atoms with van der Waals surface area (Å²) in [6.45, 7) is 5.95. The molecule has 2 aliphatic heterocycles. The topological polar surface area (TPSA) is 52.0 Å². The molecule has 6 nitrogen and oxygen atoms in total. The molecule has 2 aliphatic rings. The van der Waals surface area contributed by atoms with Gasteiger partial charge in [-0.3, -0.25) is 9.56 Å². The second-order valence-electron chi connectivity index (χ2n) is 8.06. The summed E-state index contributed by atoms with van der Waals surface area (Å²) < 4.78 is 2.16. The number of nitrogens with zero attached hydrogens (tertiary/aromatic N) is 4. The standard InChI is InChI=1S/C22H22Cl2N6/c1-28-8-10-29(11-9-28)14-21-27-26-20-13-25-22(16-4-2-3-5-18(16)24)17-12-15(23)6-7-19(17)30(20)21/h2-7,12H,8-11,13-14H2,1H3/p+2. The summed E-state index contributed by atoms with van der Waals surface area (Å²) in [6, 6.07) is 13.7. The Balaban J connectivity index is 1.59. The molecule has 3 aromatic rings. The van der Waals surface area contributed by atoms with Crippen LogP contribution in [0.15, 0.2) is 47.5 Å². The minimum atomic E-state index is 0.447. The zero-order chi connectivity index (χ0) is 20.7. The molecule has 2 N–H and O–H groups in total. The lowest BCUT2D eigenvalue weighted by Crippen LogP contribution is -3.26. The molecule has 8 heteroatoms. The van der Waals surface area contributed by atoms with Gasteiger partial charge in [-0.15, -0.1) is 10.2 Å². The van der Waals surface area contributed by atoms with Crippen molar-refractivity contribution < 1.29 is 9.80 Å². The highest BCUT2D eigenvalue weighted by atomic mass is 35.5. The molecular weight excluding hydrogens is 419 g/mol. The van der Waals surface area contributed by atoms with Gasteiger partial charge in [0.25, 0.3) is 0 Å². The van der Waals surface area contributed by atoms with Crippen molar-refractivity contribution in [2.24, 2.45) is 4.99 Å². The molecule has 1 saturated heterocycles. The Bertz CT molecular complexity index is 1110. The van der Waals surface area contributed by atoms with Crippen LogP contribution in [0.4, 0.5) is 0 Å². The first-order valence-electron chi connectivity index (χ1n) is 10.3. The van der Waals surface area contributed by atoms with Crippen molar-refractivity contribution >= 4 is 28.9 Å². The molecule has 0 saturated carbocycles. The third-order valence-corrected chi connectivity index (χ3v) is 6.54. The monoisotopic (exact) mass is 442 g/mol. The van der Waals surface area contributed by atoms with Gasteiger partial charge in [-0.25, -0.2) is 0 Å². The number of piperazine rings is 1. The fraction of sp³-hybridized carbons (Fsp3) is 0.318. The molecule has 3 heterocycles. The van der Waals surface area contributed by atoms with Crippen LogP contribution < -0.4 is 9.80 Å². The van der Waals surface area contributed by atoms with Crippen LogP contribution >= 0.6 is 23.2 Å². The summed E-state index contributed by atoms with van der Waals surface area (Å²) in [5.41, 5.74) is 3.69. The SMILES string of the molecule is C[NH+]1CC[NH+](Cc2nnc3n2-c2ccc(Cl)cc2C(c2ccccc2Cl)=NC3)CC1. The molecule has 0 aliphatic carbocycles. The van der Waals surface area contributed by atoms with E-state index in [0.29, 0.717) is 16.6 Å². The van der Waals surface area contributed by atoms with E-state index in [1.807, 2.05) is 42.5 Å². The number of likely N-dealkylation sites (N-methyl/N-ethyl adjacent to an activating group) is 1. The molecule has 154 valence electrons. The molecule has 1 fully saturated rings.